The lowest BCUT2D eigenvalue weighted by Crippen LogP contribution is -2.22. The molecule has 0 bridgehead atoms. The van der Waals surface area contributed by atoms with Crippen molar-refractivity contribution < 1.29 is 13.9 Å². The van der Waals surface area contributed by atoms with Crippen molar-refractivity contribution in [3.05, 3.63) is 85.7 Å². The van der Waals surface area contributed by atoms with Gasteiger partial charge in [0.2, 0.25) is 0 Å². The quantitative estimate of drug-likeness (QED) is 0.546. The Morgan fingerprint density at radius 3 is 2.54 bits per heavy atom. The first-order valence-electron chi connectivity index (χ1n) is 7.67. The average Bonchev–Trinajstić information content (AvgIpc) is 2.59. The van der Waals surface area contributed by atoms with Gasteiger partial charge in [-0.1, -0.05) is 23.7 Å². The Hall–Kier alpha value is -3.12. The van der Waals surface area contributed by atoms with E-state index in [1.54, 1.807) is 30.3 Å². The Kier molecular flexibility index (Phi) is 3.77. The highest BCUT2D eigenvalue weighted by Gasteiger charge is 2.17. The largest absolute Gasteiger partial charge is 0.507 e. The molecule has 0 saturated carbocycles. The summed E-state index contributed by atoms with van der Waals surface area (Å²) in [6.07, 6.45) is 0. The molecule has 130 valence electrons. The van der Waals surface area contributed by atoms with Crippen molar-refractivity contribution in [2.45, 2.75) is 6.54 Å². The molecule has 2 heterocycles. The Balaban J connectivity index is 2.11. The molecule has 0 spiro atoms. The predicted molar refractivity (Wildman–Crippen MR) is 96.4 cm³/mol. The first-order chi connectivity index (χ1) is 12.4. The lowest BCUT2D eigenvalue weighted by Gasteiger charge is -2.13. The lowest BCUT2D eigenvalue weighted by molar-refractivity contribution is 0.467. The van der Waals surface area contributed by atoms with Crippen LogP contribution < -0.4 is 11.2 Å². The topological polar surface area (TPSA) is 72.4 Å². The molecular formula is C19H11ClFNO4. The van der Waals surface area contributed by atoms with E-state index in [0.717, 1.165) is 6.07 Å². The predicted octanol–water partition coefficient (Wildman–Crippen LogP) is 3.65. The number of halogens is 2. The molecule has 0 aliphatic heterocycles. The molecule has 0 unspecified atom stereocenters. The second-order valence-electron chi connectivity index (χ2n) is 5.83. The highest BCUT2D eigenvalue weighted by molar-refractivity contribution is 6.31. The number of pyridine rings is 1. The van der Waals surface area contributed by atoms with Gasteiger partial charge >= 0.3 is 5.63 Å². The molecule has 7 heteroatoms. The molecule has 0 aliphatic rings. The van der Waals surface area contributed by atoms with Gasteiger partial charge in [-0.2, -0.15) is 0 Å². The first-order valence-corrected chi connectivity index (χ1v) is 8.05. The molecular weight excluding hydrogens is 361 g/mol. The second kappa shape index (κ2) is 6.00. The van der Waals surface area contributed by atoms with Crippen LogP contribution in [0.3, 0.4) is 0 Å². The highest BCUT2D eigenvalue weighted by Crippen LogP contribution is 2.29. The summed E-state index contributed by atoms with van der Waals surface area (Å²) in [5, 5.41) is 10.9. The van der Waals surface area contributed by atoms with Crippen molar-refractivity contribution in [2.75, 3.05) is 0 Å². The van der Waals surface area contributed by atoms with Gasteiger partial charge in [0, 0.05) is 10.4 Å². The maximum Gasteiger partial charge on any atom is 0.339 e. The Morgan fingerprint density at radius 1 is 1.08 bits per heavy atom. The fraction of sp³-hybridized carbons (Fsp3) is 0.0526. The molecule has 4 aromatic rings. The smallest absolute Gasteiger partial charge is 0.339 e. The van der Waals surface area contributed by atoms with Crippen LogP contribution in [0.4, 0.5) is 4.39 Å². The van der Waals surface area contributed by atoms with E-state index in [9.17, 15) is 19.1 Å². The van der Waals surface area contributed by atoms with Gasteiger partial charge in [0.1, 0.15) is 17.0 Å². The van der Waals surface area contributed by atoms with Crippen LogP contribution in [0, 0.1) is 5.82 Å². The van der Waals surface area contributed by atoms with Crippen molar-refractivity contribution in [3.63, 3.8) is 0 Å². The van der Waals surface area contributed by atoms with Gasteiger partial charge in [-0.05, 0) is 35.9 Å². The van der Waals surface area contributed by atoms with Gasteiger partial charge in [-0.25, -0.2) is 9.18 Å². The highest BCUT2D eigenvalue weighted by atomic mass is 35.5. The lowest BCUT2D eigenvalue weighted by atomic mass is 10.1. The molecule has 26 heavy (non-hydrogen) atoms. The SMILES string of the molecule is O=c1cc(O)c2c(=O)n(Cc3ccc(F)cc3)c3cc(Cl)ccc3c2o1. The summed E-state index contributed by atoms with van der Waals surface area (Å²) in [5.74, 6) is -0.835. The molecule has 2 aromatic heterocycles. The van der Waals surface area contributed by atoms with Crippen molar-refractivity contribution in [1.29, 1.82) is 0 Å². The van der Waals surface area contributed by atoms with E-state index in [2.05, 4.69) is 0 Å². The monoisotopic (exact) mass is 371 g/mol. The zero-order valence-electron chi connectivity index (χ0n) is 13.2. The number of nitrogens with zero attached hydrogens (tertiary/aromatic N) is 1. The molecule has 0 amide bonds. The van der Waals surface area contributed by atoms with Crippen molar-refractivity contribution in [1.82, 2.24) is 4.57 Å². The average molecular weight is 372 g/mol. The molecule has 4 rings (SSSR count). The van der Waals surface area contributed by atoms with Crippen LogP contribution in [0.15, 0.2) is 62.5 Å². The Labute approximate surface area is 150 Å². The van der Waals surface area contributed by atoms with Crippen molar-refractivity contribution in [3.8, 4) is 5.75 Å². The summed E-state index contributed by atoms with van der Waals surface area (Å²) in [5.41, 5.74) is -0.177. The van der Waals surface area contributed by atoms with Crippen LogP contribution in [-0.2, 0) is 6.54 Å². The maximum atomic E-state index is 13.1. The molecule has 2 aromatic carbocycles. The molecule has 0 atom stereocenters. The van der Waals surface area contributed by atoms with Crippen molar-refractivity contribution >= 4 is 33.5 Å². The number of fused-ring (bicyclic) bond motifs is 3. The second-order valence-corrected chi connectivity index (χ2v) is 6.27. The number of benzene rings is 2. The minimum Gasteiger partial charge on any atom is -0.507 e. The fourth-order valence-electron chi connectivity index (χ4n) is 2.97. The van der Waals surface area contributed by atoms with E-state index in [-0.39, 0.29) is 23.3 Å². The first kappa shape index (κ1) is 16.4. The van der Waals surface area contributed by atoms with Gasteiger partial charge in [0.05, 0.1) is 18.1 Å². The van der Waals surface area contributed by atoms with Crippen LogP contribution in [-0.4, -0.2) is 9.67 Å². The Morgan fingerprint density at radius 2 is 1.81 bits per heavy atom. The van der Waals surface area contributed by atoms with Gasteiger partial charge in [0.15, 0.2) is 5.58 Å². The standard InChI is InChI=1S/C19H11ClFNO4/c20-11-3-6-13-14(7-11)22(9-10-1-4-12(21)5-2-10)19(25)17-15(23)8-16(24)26-18(13)17/h1-8,23H,9H2. The number of aromatic nitrogens is 1. The number of hydrogen-bond donors (Lipinski definition) is 1. The molecule has 0 radical (unpaired) electrons. The van der Waals surface area contributed by atoms with Gasteiger partial charge in [0.25, 0.3) is 5.56 Å². The summed E-state index contributed by atoms with van der Waals surface area (Å²) in [7, 11) is 0. The van der Waals surface area contributed by atoms with Gasteiger partial charge in [-0.3, -0.25) is 4.79 Å². The minimum absolute atomic E-state index is 0.00187. The van der Waals surface area contributed by atoms with E-state index in [4.69, 9.17) is 16.0 Å². The number of aromatic hydroxyl groups is 1. The summed E-state index contributed by atoms with van der Waals surface area (Å²) >= 11 is 6.07. The van der Waals surface area contributed by atoms with Crippen LogP contribution in [0.1, 0.15) is 5.56 Å². The normalized spacial score (nSPS) is 11.3. The van der Waals surface area contributed by atoms with Crippen molar-refractivity contribution in [2.24, 2.45) is 0 Å². The zero-order valence-corrected chi connectivity index (χ0v) is 14.0. The summed E-state index contributed by atoms with van der Waals surface area (Å²) < 4.78 is 19.7. The van der Waals surface area contributed by atoms with Gasteiger partial charge < -0.3 is 14.1 Å². The molecule has 0 aliphatic carbocycles. The van der Waals surface area contributed by atoms with E-state index in [1.807, 2.05) is 0 Å². The van der Waals surface area contributed by atoms with E-state index in [1.165, 1.54) is 16.7 Å². The summed E-state index contributed by atoms with van der Waals surface area (Å²) in [4.78, 5) is 24.6. The summed E-state index contributed by atoms with van der Waals surface area (Å²) in [6, 6.07) is 11.4. The molecule has 5 nitrogen and oxygen atoms in total. The van der Waals surface area contributed by atoms with Crippen LogP contribution >= 0.6 is 11.6 Å². The third-order valence-electron chi connectivity index (χ3n) is 4.15. The minimum atomic E-state index is -0.762. The third-order valence-corrected chi connectivity index (χ3v) is 4.38. The molecule has 1 N–H and O–H groups in total. The van der Waals surface area contributed by atoms with E-state index >= 15 is 0 Å². The summed E-state index contributed by atoms with van der Waals surface area (Å²) in [6.45, 7) is 0.129. The number of hydrogen-bond acceptors (Lipinski definition) is 4. The third kappa shape index (κ3) is 2.64. The zero-order chi connectivity index (χ0) is 18.4. The van der Waals surface area contributed by atoms with Crippen LogP contribution in [0.2, 0.25) is 5.02 Å². The van der Waals surface area contributed by atoms with Crippen LogP contribution in [0.25, 0.3) is 21.9 Å². The van der Waals surface area contributed by atoms with E-state index < -0.39 is 16.9 Å². The molecule has 0 fully saturated rings. The Bertz CT molecular complexity index is 1280. The number of rotatable bonds is 2. The molecule has 0 saturated heterocycles. The van der Waals surface area contributed by atoms with Crippen LogP contribution in [0.5, 0.6) is 5.75 Å². The maximum absolute atomic E-state index is 13.1. The van der Waals surface area contributed by atoms with E-state index in [0.29, 0.717) is 21.5 Å². The van der Waals surface area contributed by atoms with Gasteiger partial charge in [-0.15, -0.1) is 0 Å². The fourth-order valence-corrected chi connectivity index (χ4v) is 3.14.